The van der Waals surface area contributed by atoms with E-state index in [2.05, 4.69) is 42.3 Å². The summed E-state index contributed by atoms with van der Waals surface area (Å²) in [6, 6.07) is 17.5. The molecule has 0 unspecified atom stereocenters. The first kappa shape index (κ1) is 18.0. The number of carbonyl (C=O) groups excluding carboxylic acids is 1. The number of nitrogens with one attached hydrogen (secondary N) is 1. The lowest BCUT2D eigenvalue weighted by Crippen LogP contribution is -2.13. The maximum Gasteiger partial charge on any atom is 0.255 e. The summed E-state index contributed by atoms with van der Waals surface area (Å²) in [4.78, 5) is 17.2. The maximum atomic E-state index is 12.6. The van der Waals surface area contributed by atoms with Crippen molar-refractivity contribution in [2.24, 2.45) is 0 Å². The highest BCUT2D eigenvalue weighted by Crippen LogP contribution is 2.28. The van der Waals surface area contributed by atoms with Crippen molar-refractivity contribution in [3.63, 3.8) is 0 Å². The molecule has 0 spiro atoms. The van der Waals surface area contributed by atoms with Gasteiger partial charge in [-0.1, -0.05) is 34.9 Å². The van der Waals surface area contributed by atoms with Crippen LogP contribution in [0.1, 0.15) is 32.6 Å². The Hall–Kier alpha value is -3.40. The lowest BCUT2D eigenvalue weighted by Gasteiger charge is -2.08. The summed E-state index contributed by atoms with van der Waals surface area (Å²) in [7, 11) is 0. The van der Waals surface area contributed by atoms with Crippen molar-refractivity contribution in [3.8, 4) is 11.5 Å². The van der Waals surface area contributed by atoms with Crippen LogP contribution in [0.15, 0.2) is 59.0 Å². The second-order valence-electron chi connectivity index (χ2n) is 7.35. The van der Waals surface area contributed by atoms with Crippen LogP contribution < -0.4 is 5.32 Å². The van der Waals surface area contributed by atoms with Gasteiger partial charge in [0.15, 0.2) is 5.58 Å². The number of hydrogen-bond acceptors (Lipinski definition) is 3. The predicted octanol–water partition coefficient (Wildman–Crippen LogP) is 5.98. The number of carbonyl (C=O) groups is 1. The van der Waals surface area contributed by atoms with Crippen molar-refractivity contribution in [1.82, 2.24) is 4.98 Å². The number of fused-ring (bicyclic) bond motifs is 1. The zero-order valence-corrected chi connectivity index (χ0v) is 16.5. The SMILES string of the molecule is Cc1cc(C)cc(-c2nc3cc(NC(=O)c4ccc(C)cc4C)ccc3o2)c1. The molecule has 0 saturated carbocycles. The fraction of sp³-hybridized carbons (Fsp3) is 0.167. The highest BCUT2D eigenvalue weighted by molar-refractivity contribution is 6.05. The molecular weight excluding hydrogens is 348 g/mol. The summed E-state index contributed by atoms with van der Waals surface area (Å²) in [6.45, 7) is 8.07. The maximum absolute atomic E-state index is 12.6. The number of oxazole rings is 1. The molecular formula is C24H22N2O2. The topological polar surface area (TPSA) is 55.1 Å². The summed E-state index contributed by atoms with van der Waals surface area (Å²) in [5, 5.41) is 2.96. The lowest BCUT2D eigenvalue weighted by atomic mass is 10.1. The standard InChI is InChI=1S/C24H22N2O2/c1-14-5-7-20(17(4)10-14)23(27)25-19-6-8-22-21(13-19)26-24(28-22)18-11-15(2)9-16(3)12-18/h5-13H,1-4H3,(H,25,27). The first-order valence-electron chi connectivity index (χ1n) is 9.27. The third-order valence-corrected chi connectivity index (χ3v) is 4.74. The van der Waals surface area contributed by atoms with E-state index in [1.807, 2.05) is 50.2 Å². The molecule has 0 aliphatic rings. The van der Waals surface area contributed by atoms with Gasteiger partial charge in [0.2, 0.25) is 5.89 Å². The van der Waals surface area contributed by atoms with Gasteiger partial charge < -0.3 is 9.73 Å². The molecule has 4 heteroatoms. The van der Waals surface area contributed by atoms with Gasteiger partial charge >= 0.3 is 0 Å². The molecule has 140 valence electrons. The number of aromatic nitrogens is 1. The summed E-state index contributed by atoms with van der Waals surface area (Å²) < 4.78 is 5.92. The van der Waals surface area contributed by atoms with Crippen molar-refractivity contribution >= 4 is 22.7 Å². The first-order chi connectivity index (χ1) is 13.4. The molecule has 0 bridgehead atoms. The molecule has 0 aliphatic heterocycles. The fourth-order valence-electron chi connectivity index (χ4n) is 3.49. The van der Waals surface area contributed by atoms with Gasteiger partial charge in [0, 0.05) is 16.8 Å². The van der Waals surface area contributed by atoms with Crippen LogP contribution in [-0.4, -0.2) is 10.9 Å². The van der Waals surface area contributed by atoms with Crippen LogP contribution in [0.3, 0.4) is 0 Å². The molecule has 1 aromatic heterocycles. The minimum Gasteiger partial charge on any atom is -0.436 e. The van der Waals surface area contributed by atoms with Gasteiger partial charge in [-0.15, -0.1) is 0 Å². The molecule has 0 aliphatic carbocycles. The summed E-state index contributed by atoms with van der Waals surface area (Å²) in [6.07, 6.45) is 0. The Morgan fingerprint density at radius 1 is 0.857 bits per heavy atom. The van der Waals surface area contributed by atoms with Gasteiger partial charge in [0.1, 0.15) is 5.52 Å². The molecule has 0 radical (unpaired) electrons. The molecule has 28 heavy (non-hydrogen) atoms. The van der Waals surface area contributed by atoms with E-state index in [1.165, 1.54) is 11.1 Å². The van der Waals surface area contributed by atoms with Gasteiger partial charge in [0.25, 0.3) is 5.91 Å². The van der Waals surface area contributed by atoms with E-state index in [1.54, 1.807) is 0 Å². The highest BCUT2D eigenvalue weighted by Gasteiger charge is 2.13. The first-order valence-corrected chi connectivity index (χ1v) is 9.27. The molecule has 0 fully saturated rings. The van der Waals surface area contributed by atoms with E-state index in [-0.39, 0.29) is 5.91 Å². The molecule has 4 rings (SSSR count). The van der Waals surface area contributed by atoms with Crippen LogP contribution in [0.4, 0.5) is 5.69 Å². The number of anilines is 1. The predicted molar refractivity (Wildman–Crippen MR) is 113 cm³/mol. The van der Waals surface area contributed by atoms with Crippen LogP contribution in [0.2, 0.25) is 0 Å². The number of rotatable bonds is 3. The van der Waals surface area contributed by atoms with Crippen LogP contribution in [0.25, 0.3) is 22.6 Å². The average Bonchev–Trinajstić information content (AvgIpc) is 3.04. The smallest absolute Gasteiger partial charge is 0.255 e. The third-order valence-electron chi connectivity index (χ3n) is 4.74. The van der Waals surface area contributed by atoms with Crippen LogP contribution in [0.5, 0.6) is 0 Å². The van der Waals surface area contributed by atoms with Crippen molar-refractivity contribution < 1.29 is 9.21 Å². The van der Waals surface area contributed by atoms with Gasteiger partial charge in [0.05, 0.1) is 0 Å². The Kier molecular flexibility index (Phi) is 4.47. The fourth-order valence-corrected chi connectivity index (χ4v) is 3.49. The van der Waals surface area contributed by atoms with Crippen molar-refractivity contribution in [3.05, 3.63) is 82.4 Å². The third kappa shape index (κ3) is 3.54. The van der Waals surface area contributed by atoms with Crippen molar-refractivity contribution in [2.45, 2.75) is 27.7 Å². The van der Waals surface area contributed by atoms with Crippen LogP contribution in [-0.2, 0) is 0 Å². The van der Waals surface area contributed by atoms with Crippen molar-refractivity contribution in [2.75, 3.05) is 5.32 Å². The van der Waals surface area contributed by atoms with Crippen LogP contribution >= 0.6 is 0 Å². The quantitative estimate of drug-likeness (QED) is 0.482. The highest BCUT2D eigenvalue weighted by atomic mass is 16.3. The minimum absolute atomic E-state index is 0.130. The number of hydrogen-bond donors (Lipinski definition) is 1. The van der Waals surface area contributed by atoms with Gasteiger partial charge in [-0.05, 0) is 69.7 Å². The number of aryl methyl sites for hydroxylation is 4. The average molecular weight is 370 g/mol. The number of nitrogens with zero attached hydrogens (tertiary/aromatic N) is 1. The van der Waals surface area contributed by atoms with Gasteiger partial charge in [-0.2, -0.15) is 0 Å². The van der Waals surface area contributed by atoms with E-state index in [4.69, 9.17) is 4.42 Å². The monoisotopic (exact) mass is 370 g/mol. The zero-order valence-electron chi connectivity index (χ0n) is 16.5. The zero-order chi connectivity index (χ0) is 19.8. The number of amides is 1. The Morgan fingerprint density at radius 2 is 1.61 bits per heavy atom. The van der Waals surface area contributed by atoms with Gasteiger partial charge in [-0.3, -0.25) is 4.79 Å². The largest absolute Gasteiger partial charge is 0.436 e. The molecule has 1 heterocycles. The second-order valence-corrected chi connectivity index (χ2v) is 7.35. The second kappa shape index (κ2) is 6.97. The Balaban J connectivity index is 1.63. The van der Waals surface area contributed by atoms with E-state index < -0.39 is 0 Å². The Morgan fingerprint density at radius 3 is 2.32 bits per heavy atom. The van der Waals surface area contributed by atoms with E-state index in [0.29, 0.717) is 28.2 Å². The lowest BCUT2D eigenvalue weighted by molar-refractivity contribution is 0.102. The molecule has 4 nitrogen and oxygen atoms in total. The minimum atomic E-state index is -0.130. The molecule has 0 atom stereocenters. The summed E-state index contributed by atoms with van der Waals surface area (Å²) >= 11 is 0. The Bertz CT molecular complexity index is 1180. The molecule has 0 saturated heterocycles. The molecule has 1 amide bonds. The molecule has 1 N–H and O–H groups in total. The summed E-state index contributed by atoms with van der Waals surface area (Å²) in [5.74, 6) is 0.453. The van der Waals surface area contributed by atoms with E-state index >= 15 is 0 Å². The number of benzene rings is 3. The van der Waals surface area contributed by atoms with E-state index in [9.17, 15) is 4.79 Å². The molecule has 4 aromatic rings. The Labute approximate surface area is 164 Å². The van der Waals surface area contributed by atoms with Crippen molar-refractivity contribution in [1.29, 1.82) is 0 Å². The summed E-state index contributed by atoms with van der Waals surface area (Å²) in [5.41, 5.74) is 8.15. The normalized spacial score (nSPS) is 11.0. The van der Waals surface area contributed by atoms with Gasteiger partial charge in [-0.25, -0.2) is 4.98 Å². The van der Waals surface area contributed by atoms with Crippen LogP contribution in [0, 0.1) is 27.7 Å². The van der Waals surface area contributed by atoms with E-state index in [0.717, 1.165) is 16.7 Å². The molecule has 3 aromatic carbocycles.